The van der Waals surface area contributed by atoms with Crippen molar-refractivity contribution in [2.24, 2.45) is 0 Å². The molecule has 1 amide bonds. The van der Waals surface area contributed by atoms with E-state index >= 15 is 0 Å². The molecule has 0 aliphatic carbocycles. The predicted octanol–water partition coefficient (Wildman–Crippen LogP) is 5.77. The standard InChI is InChI=1S/C15H15NO3.C11H7ClO.ClH/c1-2-19-14(17)10-16-15(18)13-9-5-7-11-6-3-4-8-12(11)13;12-11(13)10-7-3-5-8-4-1-2-6-9(8)10;/h3-9H,2,10H2,1H3,(H,16,18);1-7H;1H. The maximum atomic E-state index is 12.0. The summed E-state index contributed by atoms with van der Waals surface area (Å²) in [5.41, 5.74) is 1.13. The van der Waals surface area contributed by atoms with Gasteiger partial charge in [-0.05, 0) is 52.2 Å². The van der Waals surface area contributed by atoms with Gasteiger partial charge in [-0.2, -0.15) is 0 Å². The highest BCUT2D eigenvalue weighted by Crippen LogP contribution is 2.20. The highest BCUT2D eigenvalue weighted by atomic mass is 35.5. The van der Waals surface area contributed by atoms with E-state index in [0.717, 1.165) is 21.5 Å². The number of amides is 1. The van der Waals surface area contributed by atoms with Crippen LogP contribution in [0.1, 0.15) is 27.6 Å². The second-order valence-corrected chi connectivity index (χ2v) is 7.16. The van der Waals surface area contributed by atoms with Crippen LogP contribution >= 0.6 is 24.0 Å². The van der Waals surface area contributed by atoms with E-state index in [1.54, 1.807) is 19.1 Å². The molecule has 4 aromatic rings. The van der Waals surface area contributed by atoms with Crippen molar-refractivity contribution < 1.29 is 19.1 Å². The summed E-state index contributed by atoms with van der Waals surface area (Å²) in [5, 5.41) is 5.96. The van der Waals surface area contributed by atoms with Gasteiger partial charge in [-0.3, -0.25) is 14.4 Å². The first-order valence-electron chi connectivity index (χ1n) is 10.1. The minimum atomic E-state index is -0.434. The summed E-state index contributed by atoms with van der Waals surface area (Å²) >= 11 is 5.44. The van der Waals surface area contributed by atoms with Crippen molar-refractivity contribution in [3.63, 3.8) is 0 Å². The number of esters is 1. The Balaban J connectivity index is 0.000000241. The normalized spacial score (nSPS) is 9.88. The van der Waals surface area contributed by atoms with Crippen molar-refractivity contribution in [3.8, 4) is 0 Å². The first-order chi connectivity index (χ1) is 15.5. The number of hydrogen-bond donors (Lipinski definition) is 1. The molecule has 0 heterocycles. The van der Waals surface area contributed by atoms with E-state index in [0.29, 0.717) is 17.7 Å². The molecule has 33 heavy (non-hydrogen) atoms. The number of ether oxygens (including phenoxy) is 1. The SMILES string of the molecule is CCOC(=O)CNC(=O)c1cccc2ccccc12.Cl.O=C(Cl)c1cccc2ccccc12. The molecule has 170 valence electrons. The van der Waals surface area contributed by atoms with Crippen LogP contribution in [0.5, 0.6) is 0 Å². The van der Waals surface area contributed by atoms with E-state index in [1.807, 2.05) is 72.8 Å². The van der Waals surface area contributed by atoms with E-state index in [9.17, 15) is 14.4 Å². The van der Waals surface area contributed by atoms with Crippen LogP contribution in [0.15, 0.2) is 84.9 Å². The fourth-order valence-electron chi connectivity index (χ4n) is 3.28. The highest BCUT2D eigenvalue weighted by Gasteiger charge is 2.11. The van der Waals surface area contributed by atoms with E-state index in [1.165, 1.54) is 0 Å². The summed E-state index contributed by atoms with van der Waals surface area (Å²) in [4.78, 5) is 34.3. The summed E-state index contributed by atoms with van der Waals surface area (Å²) in [6.45, 7) is 1.92. The maximum absolute atomic E-state index is 12.0. The van der Waals surface area contributed by atoms with Gasteiger partial charge in [0.15, 0.2) is 0 Å². The summed E-state index contributed by atoms with van der Waals surface area (Å²) in [6.07, 6.45) is 0. The van der Waals surface area contributed by atoms with Gasteiger partial charge in [0.1, 0.15) is 6.54 Å². The van der Waals surface area contributed by atoms with Gasteiger partial charge in [0, 0.05) is 11.1 Å². The molecular formula is C26H23Cl2NO4. The maximum Gasteiger partial charge on any atom is 0.325 e. The van der Waals surface area contributed by atoms with E-state index in [2.05, 4.69) is 5.32 Å². The Morgan fingerprint density at radius 3 is 1.79 bits per heavy atom. The third kappa shape index (κ3) is 6.78. The molecular weight excluding hydrogens is 461 g/mol. The van der Waals surface area contributed by atoms with Crippen LogP contribution in [-0.2, 0) is 9.53 Å². The van der Waals surface area contributed by atoms with Crippen molar-refractivity contribution in [3.05, 3.63) is 96.1 Å². The number of nitrogens with one attached hydrogen (secondary N) is 1. The lowest BCUT2D eigenvalue weighted by atomic mass is 10.0. The van der Waals surface area contributed by atoms with Gasteiger partial charge in [0.2, 0.25) is 0 Å². The minimum Gasteiger partial charge on any atom is -0.465 e. The summed E-state index contributed by atoms with van der Waals surface area (Å²) in [5.74, 6) is -0.707. The highest BCUT2D eigenvalue weighted by molar-refractivity contribution is 6.68. The zero-order valence-electron chi connectivity index (χ0n) is 17.9. The quantitative estimate of drug-likeness (QED) is 0.288. The number of carbonyl (C=O) groups excluding carboxylic acids is 3. The Bertz CT molecular complexity index is 1260. The van der Waals surface area contributed by atoms with E-state index < -0.39 is 11.2 Å². The molecule has 0 unspecified atom stereocenters. The number of carbonyl (C=O) groups is 3. The van der Waals surface area contributed by atoms with Gasteiger partial charge < -0.3 is 10.1 Å². The summed E-state index contributed by atoms with van der Waals surface area (Å²) in [6, 6.07) is 26.3. The molecule has 0 atom stereocenters. The van der Waals surface area contributed by atoms with Crippen LogP contribution in [0, 0.1) is 0 Å². The molecule has 0 spiro atoms. The van der Waals surface area contributed by atoms with Crippen LogP contribution < -0.4 is 5.32 Å². The van der Waals surface area contributed by atoms with Crippen molar-refractivity contribution in [1.82, 2.24) is 5.32 Å². The number of fused-ring (bicyclic) bond motifs is 2. The Morgan fingerprint density at radius 1 is 0.758 bits per heavy atom. The first-order valence-corrected chi connectivity index (χ1v) is 10.5. The molecule has 0 saturated heterocycles. The molecule has 1 N–H and O–H groups in total. The molecule has 7 heteroatoms. The average molecular weight is 484 g/mol. The third-order valence-corrected chi connectivity index (χ3v) is 4.94. The van der Waals surface area contributed by atoms with Gasteiger partial charge in [0.05, 0.1) is 6.61 Å². The molecule has 0 radical (unpaired) electrons. The van der Waals surface area contributed by atoms with Gasteiger partial charge >= 0.3 is 5.97 Å². The Kier molecular flexibility index (Phi) is 9.85. The van der Waals surface area contributed by atoms with Gasteiger partial charge in [-0.15, -0.1) is 12.4 Å². The van der Waals surface area contributed by atoms with Crippen LogP contribution in [-0.4, -0.2) is 30.3 Å². The second kappa shape index (κ2) is 12.6. The number of hydrogen-bond acceptors (Lipinski definition) is 4. The Labute approximate surface area is 203 Å². The van der Waals surface area contributed by atoms with Gasteiger partial charge in [-0.25, -0.2) is 0 Å². The van der Waals surface area contributed by atoms with Crippen molar-refractivity contribution in [2.45, 2.75) is 6.92 Å². The minimum absolute atomic E-state index is 0. The molecule has 0 bridgehead atoms. The number of halogens is 2. The van der Waals surface area contributed by atoms with Crippen molar-refractivity contribution >= 4 is 62.7 Å². The zero-order valence-corrected chi connectivity index (χ0v) is 19.5. The number of rotatable bonds is 5. The summed E-state index contributed by atoms with van der Waals surface area (Å²) in [7, 11) is 0. The molecule has 0 fully saturated rings. The molecule has 0 saturated carbocycles. The lowest BCUT2D eigenvalue weighted by molar-refractivity contribution is -0.141. The molecule has 0 aliphatic heterocycles. The van der Waals surface area contributed by atoms with Crippen molar-refractivity contribution in [2.75, 3.05) is 13.2 Å². The fraction of sp³-hybridized carbons (Fsp3) is 0.115. The number of benzene rings is 4. The Hall–Kier alpha value is -3.41. The lowest BCUT2D eigenvalue weighted by Gasteiger charge is -2.07. The Morgan fingerprint density at radius 2 is 1.24 bits per heavy atom. The molecule has 0 aliphatic rings. The molecule has 4 aromatic carbocycles. The molecule has 0 aromatic heterocycles. The summed E-state index contributed by atoms with van der Waals surface area (Å²) < 4.78 is 4.76. The van der Waals surface area contributed by atoms with Crippen LogP contribution in [0.4, 0.5) is 0 Å². The van der Waals surface area contributed by atoms with Crippen molar-refractivity contribution in [1.29, 1.82) is 0 Å². The fourth-order valence-corrected chi connectivity index (χ4v) is 3.44. The van der Waals surface area contributed by atoms with Crippen LogP contribution in [0.25, 0.3) is 21.5 Å². The van der Waals surface area contributed by atoms with Crippen LogP contribution in [0.2, 0.25) is 0 Å². The van der Waals surface area contributed by atoms with E-state index in [4.69, 9.17) is 16.3 Å². The average Bonchev–Trinajstić information content (AvgIpc) is 2.82. The zero-order chi connectivity index (χ0) is 22.9. The third-order valence-electron chi connectivity index (χ3n) is 4.73. The van der Waals surface area contributed by atoms with E-state index in [-0.39, 0.29) is 24.9 Å². The first kappa shape index (κ1) is 25.8. The van der Waals surface area contributed by atoms with Gasteiger partial charge in [0.25, 0.3) is 11.1 Å². The molecule has 5 nitrogen and oxygen atoms in total. The second-order valence-electron chi connectivity index (χ2n) is 6.81. The predicted molar refractivity (Wildman–Crippen MR) is 134 cm³/mol. The smallest absolute Gasteiger partial charge is 0.325 e. The van der Waals surface area contributed by atoms with Gasteiger partial charge in [-0.1, -0.05) is 72.8 Å². The topological polar surface area (TPSA) is 72.5 Å². The molecule has 4 rings (SSSR count). The monoisotopic (exact) mass is 483 g/mol. The van der Waals surface area contributed by atoms with Crippen LogP contribution in [0.3, 0.4) is 0 Å². The largest absolute Gasteiger partial charge is 0.465 e. The lowest BCUT2D eigenvalue weighted by Crippen LogP contribution is -2.30.